The third-order valence-corrected chi connectivity index (χ3v) is 3.16. The van der Waals surface area contributed by atoms with Gasteiger partial charge < -0.3 is 0 Å². The summed E-state index contributed by atoms with van der Waals surface area (Å²) < 4.78 is 0. The van der Waals surface area contributed by atoms with Crippen molar-refractivity contribution >= 4 is 11.8 Å². The molecule has 1 saturated heterocycles. The number of hydrogen-bond donors (Lipinski definition) is 0. The molecule has 0 saturated carbocycles. The first kappa shape index (κ1) is 7.42. The van der Waals surface area contributed by atoms with Gasteiger partial charge in [0.25, 0.3) is 0 Å². The Morgan fingerprint density at radius 1 is 1.67 bits per heavy atom. The van der Waals surface area contributed by atoms with Gasteiger partial charge in [0.1, 0.15) is 0 Å². The largest absolute Gasteiger partial charge is 0.294 e. The SMILES string of the molecule is CCN1CCC(C)SC1. The maximum atomic E-state index is 2.49. The van der Waals surface area contributed by atoms with Crippen molar-refractivity contribution < 1.29 is 0 Å². The van der Waals surface area contributed by atoms with E-state index >= 15 is 0 Å². The minimum Gasteiger partial charge on any atom is -0.294 e. The summed E-state index contributed by atoms with van der Waals surface area (Å²) in [4.78, 5) is 2.49. The van der Waals surface area contributed by atoms with Crippen LogP contribution in [0.5, 0.6) is 0 Å². The highest BCUT2D eigenvalue weighted by atomic mass is 32.2. The van der Waals surface area contributed by atoms with Crippen LogP contribution < -0.4 is 0 Å². The molecule has 54 valence electrons. The number of nitrogens with zero attached hydrogens (tertiary/aromatic N) is 1. The molecule has 0 spiro atoms. The highest BCUT2D eigenvalue weighted by Crippen LogP contribution is 2.20. The minimum absolute atomic E-state index is 0.896. The highest BCUT2D eigenvalue weighted by Gasteiger charge is 2.13. The van der Waals surface area contributed by atoms with Crippen LogP contribution in [0.2, 0.25) is 0 Å². The third kappa shape index (κ3) is 2.18. The smallest absolute Gasteiger partial charge is 0.0446 e. The quantitative estimate of drug-likeness (QED) is 0.553. The molecule has 1 rings (SSSR count). The summed E-state index contributed by atoms with van der Waals surface area (Å²) in [7, 11) is 0. The average Bonchev–Trinajstić information content (AvgIpc) is 1.90. The first-order valence-electron chi connectivity index (χ1n) is 3.67. The van der Waals surface area contributed by atoms with Crippen LogP contribution in [0.25, 0.3) is 0 Å². The summed E-state index contributed by atoms with van der Waals surface area (Å²) in [5.74, 6) is 1.25. The van der Waals surface area contributed by atoms with Gasteiger partial charge in [-0.25, -0.2) is 0 Å². The molecule has 0 aliphatic carbocycles. The van der Waals surface area contributed by atoms with Crippen molar-refractivity contribution in [2.75, 3.05) is 19.0 Å². The lowest BCUT2D eigenvalue weighted by atomic mass is 10.3. The predicted octanol–water partition coefficient (Wildman–Crippen LogP) is 1.79. The Morgan fingerprint density at radius 2 is 2.44 bits per heavy atom. The fraction of sp³-hybridized carbons (Fsp3) is 1.00. The molecule has 0 bridgehead atoms. The Bertz CT molecular complexity index is 77.0. The summed E-state index contributed by atoms with van der Waals surface area (Å²) >= 11 is 2.08. The zero-order valence-electron chi connectivity index (χ0n) is 6.26. The number of thioether (sulfide) groups is 1. The molecule has 1 aliphatic heterocycles. The molecule has 0 N–H and O–H groups in total. The zero-order chi connectivity index (χ0) is 6.69. The van der Waals surface area contributed by atoms with Gasteiger partial charge in [0.2, 0.25) is 0 Å². The van der Waals surface area contributed by atoms with Crippen LogP contribution in [0, 0.1) is 0 Å². The lowest BCUT2D eigenvalue weighted by molar-refractivity contribution is 0.322. The van der Waals surface area contributed by atoms with Crippen LogP contribution in [0.15, 0.2) is 0 Å². The van der Waals surface area contributed by atoms with Crippen molar-refractivity contribution in [3.8, 4) is 0 Å². The fourth-order valence-corrected chi connectivity index (χ4v) is 2.04. The Kier molecular flexibility index (Phi) is 2.86. The summed E-state index contributed by atoms with van der Waals surface area (Å²) in [6, 6.07) is 0. The number of hydrogen-bond acceptors (Lipinski definition) is 2. The fourth-order valence-electron chi connectivity index (χ4n) is 0.994. The van der Waals surface area contributed by atoms with E-state index in [-0.39, 0.29) is 0 Å². The molecule has 1 atom stereocenters. The molecule has 1 unspecified atom stereocenters. The Hall–Kier alpha value is 0.310. The predicted molar refractivity (Wildman–Crippen MR) is 43.8 cm³/mol. The Balaban J connectivity index is 2.18. The van der Waals surface area contributed by atoms with E-state index in [1.54, 1.807) is 0 Å². The molecule has 1 heterocycles. The lowest BCUT2D eigenvalue weighted by Gasteiger charge is -2.28. The van der Waals surface area contributed by atoms with E-state index in [1.165, 1.54) is 25.4 Å². The zero-order valence-corrected chi connectivity index (χ0v) is 7.08. The van der Waals surface area contributed by atoms with Gasteiger partial charge >= 0.3 is 0 Å². The van der Waals surface area contributed by atoms with Crippen molar-refractivity contribution in [3.63, 3.8) is 0 Å². The van der Waals surface area contributed by atoms with Gasteiger partial charge in [-0.3, -0.25) is 4.90 Å². The van der Waals surface area contributed by atoms with E-state index in [0.29, 0.717) is 0 Å². The van der Waals surface area contributed by atoms with Gasteiger partial charge in [-0.2, -0.15) is 0 Å². The molecule has 2 heteroatoms. The molecule has 0 radical (unpaired) electrons. The summed E-state index contributed by atoms with van der Waals surface area (Å²) in [5, 5.41) is 0.896. The molecule has 1 nitrogen and oxygen atoms in total. The van der Waals surface area contributed by atoms with E-state index in [1.807, 2.05) is 0 Å². The topological polar surface area (TPSA) is 3.24 Å². The molecular formula is C7H15NS. The van der Waals surface area contributed by atoms with Crippen molar-refractivity contribution in [1.29, 1.82) is 0 Å². The number of rotatable bonds is 1. The van der Waals surface area contributed by atoms with Crippen molar-refractivity contribution in [3.05, 3.63) is 0 Å². The van der Waals surface area contributed by atoms with Gasteiger partial charge in [-0.15, -0.1) is 11.8 Å². The molecule has 0 aromatic carbocycles. The minimum atomic E-state index is 0.896. The van der Waals surface area contributed by atoms with Crippen molar-refractivity contribution in [1.82, 2.24) is 4.90 Å². The highest BCUT2D eigenvalue weighted by molar-refractivity contribution is 7.99. The van der Waals surface area contributed by atoms with Gasteiger partial charge in [0.15, 0.2) is 0 Å². The van der Waals surface area contributed by atoms with E-state index in [2.05, 4.69) is 30.5 Å². The van der Waals surface area contributed by atoms with Crippen LogP contribution in [-0.4, -0.2) is 29.1 Å². The first-order chi connectivity index (χ1) is 4.33. The van der Waals surface area contributed by atoms with E-state index in [0.717, 1.165) is 5.25 Å². The first-order valence-corrected chi connectivity index (χ1v) is 4.71. The van der Waals surface area contributed by atoms with E-state index < -0.39 is 0 Å². The molecule has 1 fully saturated rings. The molecule has 0 amide bonds. The van der Waals surface area contributed by atoms with E-state index in [9.17, 15) is 0 Å². The summed E-state index contributed by atoms with van der Waals surface area (Å²) in [6.45, 7) is 7.08. The monoisotopic (exact) mass is 145 g/mol. The van der Waals surface area contributed by atoms with Crippen LogP contribution in [0.3, 0.4) is 0 Å². The molecular weight excluding hydrogens is 130 g/mol. The second-order valence-electron chi connectivity index (χ2n) is 2.61. The molecule has 9 heavy (non-hydrogen) atoms. The summed E-state index contributed by atoms with van der Waals surface area (Å²) in [6.07, 6.45) is 1.37. The van der Waals surface area contributed by atoms with Gasteiger partial charge in [0.05, 0.1) is 0 Å². The van der Waals surface area contributed by atoms with Crippen molar-refractivity contribution in [2.45, 2.75) is 25.5 Å². The molecule has 0 aromatic heterocycles. The van der Waals surface area contributed by atoms with Crippen LogP contribution in [-0.2, 0) is 0 Å². The molecule has 1 aliphatic rings. The molecule has 0 aromatic rings. The van der Waals surface area contributed by atoms with Crippen LogP contribution in [0.1, 0.15) is 20.3 Å². The third-order valence-electron chi connectivity index (χ3n) is 1.84. The Labute approximate surface area is 61.8 Å². The normalized spacial score (nSPS) is 30.7. The van der Waals surface area contributed by atoms with Crippen LogP contribution in [0.4, 0.5) is 0 Å². The van der Waals surface area contributed by atoms with Crippen molar-refractivity contribution in [2.24, 2.45) is 0 Å². The average molecular weight is 145 g/mol. The lowest BCUT2D eigenvalue weighted by Crippen LogP contribution is -2.30. The van der Waals surface area contributed by atoms with Gasteiger partial charge in [-0.1, -0.05) is 13.8 Å². The van der Waals surface area contributed by atoms with E-state index in [4.69, 9.17) is 0 Å². The van der Waals surface area contributed by atoms with Crippen LogP contribution >= 0.6 is 11.8 Å². The maximum absolute atomic E-state index is 2.49. The van der Waals surface area contributed by atoms with Gasteiger partial charge in [0, 0.05) is 11.1 Å². The standard InChI is InChI=1S/C7H15NS/c1-3-8-5-4-7(2)9-6-8/h7H,3-6H2,1-2H3. The van der Waals surface area contributed by atoms with Gasteiger partial charge in [-0.05, 0) is 19.5 Å². The maximum Gasteiger partial charge on any atom is 0.0446 e. The second kappa shape index (κ2) is 3.47. The second-order valence-corrected chi connectivity index (χ2v) is 4.00. The summed E-state index contributed by atoms with van der Waals surface area (Å²) in [5.41, 5.74) is 0. The Morgan fingerprint density at radius 3 is 2.89 bits per heavy atom.